The largest absolute Gasteiger partial charge is 0.424 e. The maximum Gasteiger partial charge on any atom is 0.322 e. The van der Waals surface area contributed by atoms with E-state index >= 15 is 0 Å². The number of ether oxygens (including phenoxy) is 1. The van der Waals surface area contributed by atoms with E-state index in [1.807, 2.05) is 18.2 Å². The number of carbonyl (C=O) groups excluding carboxylic acids is 2. The van der Waals surface area contributed by atoms with Crippen molar-refractivity contribution in [3.05, 3.63) is 83.9 Å². The molecule has 2 aliphatic heterocycles. The molecule has 3 heterocycles. The van der Waals surface area contributed by atoms with Crippen LogP contribution in [0.3, 0.4) is 0 Å². The van der Waals surface area contributed by atoms with Crippen molar-refractivity contribution in [3.8, 4) is 11.8 Å². The molecule has 2 fully saturated rings. The second-order valence-corrected chi connectivity index (χ2v) is 11.1. The number of benzene rings is 2. The Morgan fingerprint density at radius 2 is 1.68 bits per heavy atom. The Bertz CT molecular complexity index is 1190. The number of aromatic nitrogens is 2. The molecular formula is C24H21FN4O3S2. The molecule has 2 amide bonds. The lowest BCUT2D eigenvalue weighted by Crippen LogP contribution is -2.45. The van der Waals surface area contributed by atoms with E-state index in [1.165, 1.54) is 34.4 Å². The summed E-state index contributed by atoms with van der Waals surface area (Å²) in [6.45, 7) is 0.821. The zero-order valence-corrected chi connectivity index (χ0v) is 19.7. The summed E-state index contributed by atoms with van der Waals surface area (Å²) < 4.78 is 18.7. The van der Waals surface area contributed by atoms with Gasteiger partial charge in [0.2, 0.25) is 5.91 Å². The molecule has 1 spiro atoms. The molecule has 0 unspecified atom stereocenters. The maximum atomic E-state index is 13.5. The molecule has 1 aromatic heterocycles. The van der Waals surface area contributed by atoms with Crippen LogP contribution in [0.1, 0.15) is 16.1 Å². The van der Waals surface area contributed by atoms with Crippen LogP contribution >= 0.6 is 23.5 Å². The van der Waals surface area contributed by atoms with Gasteiger partial charge in [-0.2, -0.15) is 4.98 Å². The molecule has 2 aromatic carbocycles. The topological polar surface area (TPSA) is 75.6 Å². The van der Waals surface area contributed by atoms with Gasteiger partial charge < -0.3 is 4.74 Å². The van der Waals surface area contributed by atoms with Gasteiger partial charge >= 0.3 is 6.01 Å². The molecule has 3 aromatic rings. The number of carbonyl (C=O) groups is 2. The predicted molar refractivity (Wildman–Crippen MR) is 129 cm³/mol. The van der Waals surface area contributed by atoms with Gasteiger partial charge in [0.1, 0.15) is 21.3 Å². The minimum atomic E-state index is -0.391. The van der Waals surface area contributed by atoms with Gasteiger partial charge in [0.15, 0.2) is 0 Å². The maximum absolute atomic E-state index is 13.5. The van der Waals surface area contributed by atoms with Crippen LogP contribution in [0.2, 0.25) is 0 Å². The number of halogens is 1. The lowest BCUT2D eigenvalue weighted by molar-refractivity contribution is -0.139. The standard InChI is InChI=1S/C24H21FN4O3S2/c25-18-8-6-17(7-9-18)14-21(30)28-15-24(33-12-13-34-24)16-29(28)22(31)20-10-11-26-23(27-20)32-19-4-2-1-3-5-19/h1-11H,12-16H2. The summed E-state index contributed by atoms with van der Waals surface area (Å²) >= 11 is 3.54. The summed E-state index contributed by atoms with van der Waals surface area (Å²) in [6.07, 6.45) is 1.54. The number of hydrogen-bond donors (Lipinski definition) is 0. The van der Waals surface area contributed by atoms with Gasteiger partial charge in [0.05, 0.1) is 19.5 Å². The number of thioether (sulfide) groups is 2. The highest BCUT2D eigenvalue weighted by Crippen LogP contribution is 2.48. The third kappa shape index (κ3) is 4.88. The molecule has 5 rings (SSSR count). The van der Waals surface area contributed by atoms with Crippen molar-refractivity contribution in [2.45, 2.75) is 10.5 Å². The number of nitrogens with zero attached hydrogens (tertiary/aromatic N) is 4. The van der Waals surface area contributed by atoms with E-state index in [0.29, 0.717) is 24.4 Å². The van der Waals surface area contributed by atoms with Crippen molar-refractivity contribution in [2.75, 3.05) is 24.6 Å². The van der Waals surface area contributed by atoms with Crippen molar-refractivity contribution < 1.29 is 18.7 Å². The minimum absolute atomic E-state index is 0.0553. The highest BCUT2D eigenvalue weighted by Gasteiger charge is 2.50. The number of hydrogen-bond acceptors (Lipinski definition) is 7. The molecule has 2 aliphatic rings. The zero-order chi connectivity index (χ0) is 23.5. The Labute approximate surface area is 204 Å². The first-order valence-corrected chi connectivity index (χ1v) is 12.7. The second kappa shape index (κ2) is 9.63. The first kappa shape index (κ1) is 22.7. The third-order valence-electron chi connectivity index (χ3n) is 5.48. The number of hydrazine groups is 1. The van der Waals surface area contributed by atoms with Gasteiger partial charge in [-0.1, -0.05) is 30.3 Å². The van der Waals surface area contributed by atoms with Gasteiger partial charge in [0.25, 0.3) is 5.91 Å². The van der Waals surface area contributed by atoms with Gasteiger partial charge in [-0.05, 0) is 35.9 Å². The van der Waals surface area contributed by atoms with E-state index in [1.54, 1.807) is 47.8 Å². The number of amides is 2. The lowest BCUT2D eigenvalue weighted by Gasteiger charge is -2.27. The van der Waals surface area contributed by atoms with Crippen molar-refractivity contribution >= 4 is 35.3 Å². The summed E-state index contributed by atoms with van der Waals surface area (Å²) in [5.41, 5.74) is 0.831. The number of para-hydroxylation sites is 1. The van der Waals surface area contributed by atoms with Gasteiger partial charge in [-0.3, -0.25) is 9.59 Å². The molecule has 0 radical (unpaired) electrons. The molecular weight excluding hydrogens is 475 g/mol. The van der Waals surface area contributed by atoms with Gasteiger partial charge in [-0.15, -0.1) is 23.5 Å². The van der Waals surface area contributed by atoms with Crippen LogP contribution in [0.4, 0.5) is 4.39 Å². The summed E-state index contributed by atoms with van der Waals surface area (Å²) in [5, 5.41) is 2.99. The molecule has 0 atom stereocenters. The monoisotopic (exact) mass is 496 g/mol. The first-order chi connectivity index (χ1) is 16.5. The Balaban J connectivity index is 1.38. The predicted octanol–water partition coefficient (Wildman–Crippen LogP) is 4.03. The van der Waals surface area contributed by atoms with Crippen LogP contribution in [0.15, 0.2) is 66.9 Å². The Kier molecular flexibility index (Phi) is 6.42. The van der Waals surface area contributed by atoms with Crippen LogP contribution in [0.5, 0.6) is 11.8 Å². The second-order valence-electron chi connectivity index (χ2n) is 7.86. The molecule has 10 heteroatoms. The molecule has 174 valence electrons. The molecule has 2 saturated heterocycles. The first-order valence-electron chi connectivity index (χ1n) is 10.7. The van der Waals surface area contributed by atoms with Crippen molar-refractivity contribution in [3.63, 3.8) is 0 Å². The van der Waals surface area contributed by atoms with E-state index in [9.17, 15) is 14.0 Å². The van der Waals surface area contributed by atoms with E-state index in [-0.39, 0.29) is 33.9 Å². The van der Waals surface area contributed by atoms with E-state index in [2.05, 4.69) is 9.97 Å². The van der Waals surface area contributed by atoms with Gasteiger partial charge in [-0.25, -0.2) is 19.4 Å². The van der Waals surface area contributed by atoms with E-state index < -0.39 is 5.91 Å². The van der Waals surface area contributed by atoms with Crippen molar-refractivity contribution in [2.24, 2.45) is 0 Å². The Morgan fingerprint density at radius 3 is 2.41 bits per heavy atom. The van der Waals surface area contributed by atoms with E-state index in [4.69, 9.17) is 4.74 Å². The Hall–Kier alpha value is -3.11. The van der Waals surface area contributed by atoms with Crippen LogP contribution in [-0.2, 0) is 11.2 Å². The van der Waals surface area contributed by atoms with Crippen molar-refractivity contribution in [1.29, 1.82) is 0 Å². The average molecular weight is 497 g/mol. The van der Waals surface area contributed by atoms with Crippen LogP contribution in [-0.4, -0.2) is 60.5 Å². The summed E-state index contributed by atoms with van der Waals surface area (Å²) in [6, 6.07) is 16.5. The molecule has 0 aliphatic carbocycles. The average Bonchev–Trinajstić information content (AvgIpc) is 3.48. The fourth-order valence-corrected chi connectivity index (χ4v) is 6.96. The normalized spacial score (nSPS) is 16.7. The van der Waals surface area contributed by atoms with Crippen LogP contribution < -0.4 is 4.74 Å². The van der Waals surface area contributed by atoms with E-state index in [0.717, 1.165) is 11.5 Å². The van der Waals surface area contributed by atoms with Crippen LogP contribution in [0, 0.1) is 5.82 Å². The molecule has 0 N–H and O–H groups in total. The lowest BCUT2D eigenvalue weighted by atomic mass is 10.1. The fourth-order valence-electron chi connectivity index (χ4n) is 3.86. The summed E-state index contributed by atoms with van der Waals surface area (Å²) in [7, 11) is 0. The minimum Gasteiger partial charge on any atom is -0.424 e. The quantitative estimate of drug-likeness (QED) is 0.528. The number of rotatable bonds is 5. The summed E-state index contributed by atoms with van der Waals surface area (Å²) in [5.74, 6) is 1.52. The highest BCUT2D eigenvalue weighted by atomic mass is 32.2. The molecule has 0 bridgehead atoms. The molecule has 34 heavy (non-hydrogen) atoms. The Morgan fingerprint density at radius 1 is 0.971 bits per heavy atom. The van der Waals surface area contributed by atoms with Crippen molar-refractivity contribution in [1.82, 2.24) is 20.0 Å². The van der Waals surface area contributed by atoms with Gasteiger partial charge in [0, 0.05) is 17.7 Å². The smallest absolute Gasteiger partial charge is 0.322 e. The zero-order valence-electron chi connectivity index (χ0n) is 18.1. The summed E-state index contributed by atoms with van der Waals surface area (Å²) in [4.78, 5) is 35.2. The third-order valence-corrected chi connectivity index (χ3v) is 8.83. The SMILES string of the molecule is O=C(Cc1ccc(F)cc1)N1CC2(CN1C(=O)c1ccnc(Oc3ccccc3)n1)SCCS2. The van der Waals surface area contributed by atoms with Crippen LogP contribution in [0.25, 0.3) is 0 Å². The fraction of sp³-hybridized carbons (Fsp3) is 0.250. The highest BCUT2D eigenvalue weighted by molar-refractivity contribution is 8.21. The molecule has 7 nitrogen and oxygen atoms in total. The molecule has 0 saturated carbocycles.